The molecule has 112 valence electrons. The number of hydrogen-bond acceptors (Lipinski definition) is 5. The van der Waals surface area contributed by atoms with Gasteiger partial charge in [0, 0.05) is 21.7 Å². The second-order valence-corrected chi connectivity index (χ2v) is 10.3. The minimum atomic E-state index is -0.00623. The molecule has 0 aliphatic carbocycles. The Balaban J connectivity index is 2.36. The van der Waals surface area contributed by atoms with E-state index >= 15 is 0 Å². The molecule has 0 aromatic carbocycles. The van der Waals surface area contributed by atoms with Gasteiger partial charge in [-0.25, -0.2) is 9.97 Å². The first-order valence-electron chi connectivity index (χ1n) is 6.80. The van der Waals surface area contributed by atoms with Crippen LogP contribution in [0.3, 0.4) is 0 Å². The van der Waals surface area contributed by atoms with Crippen molar-refractivity contribution in [1.29, 1.82) is 0 Å². The molecule has 0 amide bonds. The zero-order valence-corrected chi connectivity index (χ0v) is 16.4. The van der Waals surface area contributed by atoms with E-state index < -0.39 is 0 Å². The lowest BCUT2D eigenvalue weighted by atomic mass is 9.92. The van der Waals surface area contributed by atoms with Crippen molar-refractivity contribution >= 4 is 51.9 Å². The van der Waals surface area contributed by atoms with E-state index in [1.807, 2.05) is 23.5 Å². The maximum Gasteiger partial charge on any atom is 0.144 e. The molecule has 0 radical (unpaired) electrons. The topological polar surface area (TPSA) is 51.8 Å². The van der Waals surface area contributed by atoms with Gasteiger partial charge in [-0.3, -0.25) is 0 Å². The monoisotopic (exact) mass is 423 g/mol. The van der Waals surface area contributed by atoms with E-state index in [-0.39, 0.29) is 5.41 Å². The Kier molecular flexibility index (Phi) is 5.17. The van der Waals surface area contributed by atoms with Crippen LogP contribution in [0, 0.1) is 3.57 Å². The second-order valence-electron chi connectivity index (χ2n) is 6.25. The fourth-order valence-corrected chi connectivity index (χ4v) is 5.94. The molecular weight excluding hydrogens is 401 g/mol. The summed E-state index contributed by atoms with van der Waals surface area (Å²) in [5.41, 5.74) is 7.17. The maximum atomic E-state index is 6.11. The molecule has 20 heavy (non-hydrogen) atoms. The molecule has 1 aliphatic rings. The summed E-state index contributed by atoms with van der Waals surface area (Å²) in [6.07, 6.45) is 0. The van der Waals surface area contributed by atoms with Crippen LogP contribution in [0.15, 0.2) is 0 Å². The van der Waals surface area contributed by atoms with E-state index in [1.54, 1.807) is 0 Å². The summed E-state index contributed by atoms with van der Waals surface area (Å²) in [7, 11) is 0. The van der Waals surface area contributed by atoms with Crippen molar-refractivity contribution in [3.05, 3.63) is 15.1 Å². The molecule has 1 aromatic rings. The third-order valence-electron chi connectivity index (χ3n) is 3.44. The van der Waals surface area contributed by atoms with Gasteiger partial charge in [0.1, 0.15) is 11.6 Å². The summed E-state index contributed by atoms with van der Waals surface area (Å²) in [4.78, 5) is 9.41. The van der Waals surface area contributed by atoms with Crippen molar-refractivity contribution in [2.45, 2.75) is 55.8 Å². The maximum absolute atomic E-state index is 6.11. The zero-order valence-electron chi connectivity index (χ0n) is 12.6. The predicted molar refractivity (Wildman–Crippen MR) is 99.6 cm³/mol. The predicted octanol–water partition coefficient (Wildman–Crippen LogP) is 4.26. The highest BCUT2D eigenvalue weighted by Gasteiger charge is 2.30. The third-order valence-corrected chi connectivity index (χ3v) is 7.89. The van der Waals surface area contributed by atoms with Crippen LogP contribution in [0.4, 0.5) is 5.82 Å². The molecule has 2 N–H and O–H groups in total. The van der Waals surface area contributed by atoms with Crippen LogP contribution in [0.5, 0.6) is 0 Å². The molecule has 0 bridgehead atoms. The fraction of sp³-hybridized carbons (Fsp3) is 0.714. The lowest BCUT2D eigenvalue weighted by Gasteiger charge is -2.31. The number of thioether (sulfide) groups is 2. The Morgan fingerprint density at radius 2 is 1.85 bits per heavy atom. The first-order valence-corrected chi connectivity index (χ1v) is 9.87. The van der Waals surface area contributed by atoms with Gasteiger partial charge in [-0.1, -0.05) is 34.6 Å². The Morgan fingerprint density at radius 3 is 2.40 bits per heavy atom. The Labute approximate surface area is 143 Å². The van der Waals surface area contributed by atoms with Gasteiger partial charge in [-0.2, -0.15) is 11.8 Å². The molecule has 2 heterocycles. The number of halogens is 1. The van der Waals surface area contributed by atoms with Gasteiger partial charge in [0.2, 0.25) is 0 Å². The first-order chi connectivity index (χ1) is 9.20. The van der Waals surface area contributed by atoms with E-state index in [1.165, 1.54) is 0 Å². The van der Waals surface area contributed by atoms with Crippen molar-refractivity contribution in [3.8, 4) is 0 Å². The van der Waals surface area contributed by atoms with Crippen molar-refractivity contribution < 1.29 is 0 Å². The number of nitrogen functional groups attached to an aromatic ring is 1. The van der Waals surface area contributed by atoms with E-state index in [2.05, 4.69) is 62.2 Å². The summed E-state index contributed by atoms with van der Waals surface area (Å²) in [6, 6.07) is 0. The standard InChI is InChI=1S/C14H22IN3S2/c1-7-8(2)20-9(6-19-7)13-17-11(14(3,4)5)10(15)12(16)18-13/h7-9H,6H2,1-5H3,(H2,16,17,18). The summed E-state index contributed by atoms with van der Waals surface area (Å²) in [6.45, 7) is 11.1. The normalized spacial score (nSPS) is 27.6. The van der Waals surface area contributed by atoms with E-state index in [0.717, 1.165) is 20.8 Å². The fourth-order valence-electron chi connectivity index (χ4n) is 2.04. The smallest absolute Gasteiger partial charge is 0.144 e. The molecule has 1 fully saturated rings. The molecule has 3 nitrogen and oxygen atoms in total. The van der Waals surface area contributed by atoms with Gasteiger partial charge < -0.3 is 5.73 Å². The molecule has 3 atom stereocenters. The summed E-state index contributed by atoms with van der Waals surface area (Å²) < 4.78 is 0.994. The Morgan fingerprint density at radius 1 is 1.20 bits per heavy atom. The number of rotatable bonds is 1. The molecule has 2 rings (SSSR count). The average Bonchev–Trinajstić information content (AvgIpc) is 2.34. The van der Waals surface area contributed by atoms with Crippen LogP contribution in [-0.2, 0) is 5.41 Å². The third kappa shape index (κ3) is 3.55. The van der Waals surface area contributed by atoms with Gasteiger partial charge in [0.05, 0.1) is 14.5 Å². The molecule has 1 saturated heterocycles. The van der Waals surface area contributed by atoms with Crippen LogP contribution in [0.1, 0.15) is 51.4 Å². The first kappa shape index (κ1) is 16.7. The van der Waals surface area contributed by atoms with Crippen LogP contribution in [-0.4, -0.2) is 26.2 Å². The number of nitrogens with zero attached hydrogens (tertiary/aromatic N) is 2. The summed E-state index contributed by atoms with van der Waals surface area (Å²) >= 11 is 6.25. The zero-order chi connectivity index (χ0) is 15.1. The highest BCUT2D eigenvalue weighted by Crippen LogP contribution is 2.44. The van der Waals surface area contributed by atoms with E-state index in [4.69, 9.17) is 10.7 Å². The highest BCUT2D eigenvalue weighted by molar-refractivity contribution is 14.1. The number of nitrogens with two attached hydrogens (primary N) is 1. The average molecular weight is 423 g/mol. The van der Waals surface area contributed by atoms with E-state index in [9.17, 15) is 0 Å². The summed E-state index contributed by atoms with van der Waals surface area (Å²) in [5, 5.41) is 1.67. The van der Waals surface area contributed by atoms with Crippen molar-refractivity contribution in [2.24, 2.45) is 0 Å². The van der Waals surface area contributed by atoms with Gasteiger partial charge in [0.15, 0.2) is 0 Å². The Hall–Kier alpha value is 0.310. The van der Waals surface area contributed by atoms with Crippen LogP contribution in [0.25, 0.3) is 0 Å². The van der Waals surface area contributed by atoms with Gasteiger partial charge in [-0.05, 0) is 22.6 Å². The number of hydrogen-bond donors (Lipinski definition) is 1. The molecule has 3 unspecified atom stereocenters. The Bertz CT molecular complexity index is 502. The number of anilines is 1. The minimum absolute atomic E-state index is 0.00623. The molecule has 1 aliphatic heterocycles. The molecular formula is C14H22IN3S2. The van der Waals surface area contributed by atoms with Gasteiger partial charge >= 0.3 is 0 Å². The second kappa shape index (κ2) is 6.20. The van der Waals surface area contributed by atoms with Crippen LogP contribution >= 0.6 is 46.1 Å². The highest BCUT2D eigenvalue weighted by atomic mass is 127. The molecule has 0 saturated carbocycles. The quantitative estimate of drug-likeness (QED) is 0.685. The SMILES string of the molecule is CC1SCC(c2nc(N)c(I)c(C(C)(C)C)n2)SC1C. The molecule has 6 heteroatoms. The van der Waals surface area contributed by atoms with Crippen molar-refractivity contribution in [1.82, 2.24) is 9.97 Å². The largest absolute Gasteiger partial charge is 0.383 e. The lowest BCUT2D eigenvalue weighted by molar-refractivity contribution is 0.558. The van der Waals surface area contributed by atoms with Gasteiger partial charge in [0.25, 0.3) is 0 Å². The lowest BCUT2D eigenvalue weighted by Crippen LogP contribution is -2.25. The van der Waals surface area contributed by atoms with Gasteiger partial charge in [-0.15, -0.1) is 11.8 Å². The van der Waals surface area contributed by atoms with Crippen molar-refractivity contribution in [3.63, 3.8) is 0 Å². The minimum Gasteiger partial charge on any atom is -0.383 e. The van der Waals surface area contributed by atoms with Crippen LogP contribution in [0.2, 0.25) is 0 Å². The van der Waals surface area contributed by atoms with Crippen molar-refractivity contribution in [2.75, 3.05) is 11.5 Å². The molecule has 0 spiro atoms. The molecule has 1 aromatic heterocycles. The van der Waals surface area contributed by atoms with Crippen LogP contribution < -0.4 is 5.73 Å². The van der Waals surface area contributed by atoms with E-state index in [0.29, 0.717) is 21.6 Å². The number of aromatic nitrogens is 2. The summed E-state index contributed by atoms with van der Waals surface area (Å²) in [5.74, 6) is 2.60.